The van der Waals surface area contributed by atoms with Crippen LogP contribution in [0.3, 0.4) is 0 Å². The highest BCUT2D eigenvalue weighted by atomic mass is 32.1. The van der Waals surface area contributed by atoms with Gasteiger partial charge in [-0.15, -0.1) is 11.3 Å². The van der Waals surface area contributed by atoms with Crippen molar-refractivity contribution in [1.82, 2.24) is 9.47 Å². The summed E-state index contributed by atoms with van der Waals surface area (Å²) >= 11 is 1.32. The summed E-state index contributed by atoms with van der Waals surface area (Å²) in [5, 5.41) is 1.82. The zero-order valence-electron chi connectivity index (χ0n) is 18.3. The van der Waals surface area contributed by atoms with Crippen LogP contribution in [0.1, 0.15) is 61.4 Å². The van der Waals surface area contributed by atoms with Gasteiger partial charge in [-0.05, 0) is 56.8 Å². The highest BCUT2D eigenvalue weighted by Gasteiger charge is 2.33. The van der Waals surface area contributed by atoms with Crippen molar-refractivity contribution in [2.45, 2.75) is 40.3 Å². The van der Waals surface area contributed by atoms with Crippen LogP contribution in [0, 0.1) is 13.8 Å². The third-order valence-electron chi connectivity index (χ3n) is 5.39. The van der Waals surface area contributed by atoms with Gasteiger partial charge in [0.2, 0.25) is 0 Å². The van der Waals surface area contributed by atoms with E-state index >= 15 is 0 Å². The molecule has 3 rings (SSSR count). The molecule has 3 aromatic heterocycles. The Morgan fingerprint density at radius 1 is 1.23 bits per heavy atom. The third kappa shape index (κ3) is 4.34. The maximum Gasteiger partial charge on any atom is 0.355 e. The van der Waals surface area contributed by atoms with Crippen LogP contribution in [0.5, 0.6) is 0 Å². The first-order valence-corrected chi connectivity index (χ1v) is 10.9. The minimum absolute atomic E-state index is 0.159. The normalized spacial score (nSPS) is 11.9. The van der Waals surface area contributed by atoms with Crippen molar-refractivity contribution in [2.24, 2.45) is 7.05 Å². The molecular weight excluding hydrogens is 416 g/mol. The number of amides is 1. The maximum atomic E-state index is 13.6. The topological polar surface area (TPSA) is 81.8 Å². The second-order valence-corrected chi connectivity index (χ2v) is 8.19. The lowest BCUT2D eigenvalue weighted by atomic mass is 9.99. The summed E-state index contributed by atoms with van der Waals surface area (Å²) in [6.45, 7) is 7.36. The molecule has 0 spiro atoms. The molecule has 1 atom stereocenters. The predicted octanol–water partition coefficient (Wildman–Crippen LogP) is 4.39. The number of aromatic nitrogens is 1. The van der Waals surface area contributed by atoms with Crippen LogP contribution in [0.25, 0.3) is 0 Å². The summed E-state index contributed by atoms with van der Waals surface area (Å²) in [5.41, 5.74) is 1.98. The molecule has 164 valence electrons. The van der Waals surface area contributed by atoms with E-state index in [-0.39, 0.29) is 24.8 Å². The quantitative estimate of drug-likeness (QED) is 0.382. The van der Waals surface area contributed by atoms with Gasteiger partial charge in [0.05, 0.1) is 30.3 Å². The second kappa shape index (κ2) is 9.34. The summed E-state index contributed by atoms with van der Waals surface area (Å²) < 4.78 is 12.3. The number of hydrogen-bond acceptors (Lipinski definition) is 6. The fraction of sp³-hybridized carbons (Fsp3) is 0.348. The Hall–Kier alpha value is -3.13. The van der Waals surface area contributed by atoms with Crippen molar-refractivity contribution in [3.05, 3.63) is 69.1 Å². The summed E-state index contributed by atoms with van der Waals surface area (Å²) in [6, 6.07) is 6.27. The number of furan rings is 1. The molecule has 0 N–H and O–H groups in total. The van der Waals surface area contributed by atoms with Crippen LogP contribution in [0.4, 0.5) is 0 Å². The van der Waals surface area contributed by atoms with Gasteiger partial charge in [-0.3, -0.25) is 9.59 Å². The van der Waals surface area contributed by atoms with Gasteiger partial charge in [0.1, 0.15) is 11.5 Å². The molecule has 3 aromatic rings. The first kappa shape index (κ1) is 22.6. The van der Waals surface area contributed by atoms with E-state index in [1.54, 1.807) is 63.6 Å². The average Bonchev–Trinajstić information content (AvgIpc) is 3.48. The number of thiophene rings is 1. The summed E-state index contributed by atoms with van der Waals surface area (Å²) in [4.78, 5) is 41.3. The molecule has 0 fully saturated rings. The standard InChI is InChI=1S/C23H26N2O5S/c1-6-29-23(28)20-14(2)19(15(3)24(20)5)21(26)16(4)25(13-17-9-7-11-30-17)22(27)18-10-8-12-31-18/h7-12,16H,6,13H2,1-5H3. The number of carbonyl (C=O) groups is 3. The van der Waals surface area contributed by atoms with Gasteiger partial charge in [0, 0.05) is 18.3 Å². The average molecular weight is 443 g/mol. The van der Waals surface area contributed by atoms with Crippen molar-refractivity contribution in [2.75, 3.05) is 6.61 Å². The molecule has 0 aliphatic heterocycles. The van der Waals surface area contributed by atoms with Crippen molar-refractivity contribution in [3.63, 3.8) is 0 Å². The molecule has 7 nitrogen and oxygen atoms in total. The largest absolute Gasteiger partial charge is 0.467 e. The van der Waals surface area contributed by atoms with Crippen LogP contribution in [-0.2, 0) is 18.3 Å². The Balaban J connectivity index is 1.99. The van der Waals surface area contributed by atoms with E-state index in [0.717, 1.165) is 0 Å². The SMILES string of the molecule is CCOC(=O)c1c(C)c(C(=O)C(C)N(Cc2ccco2)C(=O)c2cccs2)c(C)n1C. The zero-order valence-corrected chi connectivity index (χ0v) is 19.1. The predicted molar refractivity (Wildman–Crippen MR) is 118 cm³/mol. The first-order chi connectivity index (χ1) is 14.8. The minimum Gasteiger partial charge on any atom is -0.467 e. The number of rotatable bonds is 8. The van der Waals surface area contributed by atoms with E-state index in [4.69, 9.17) is 9.15 Å². The fourth-order valence-corrected chi connectivity index (χ4v) is 4.36. The minimum atomic E-state index is -0.769. The Morgan fingerprint density at radius 2 is 1.97 bits per heavy atom. The molecular formula is C23H26N2O5S. The number of nitrogens with zero attached hydrogens (tertiary/aromatic N) is 2. The maximum absolute atomic E-state index is 13.6. The fourth-order valence-electron chi connectivity index (χ4n) is 3.68. The van der Waals surface area contributed by atoms with Crippen LogP contribution in [0.15, 0.2) is 40.3 Å². The summed E-state index contributed by atoms with van der Waals surface area (Å²) in [7, 11) is 1.73. The molecule has 1 unspecified atom stereocenters. The summed E-state index contributed by atoms with van der Waals surface area (Å²) in [5.74, 6) is -0.376. The molecule has 0 aliphatic rings. The molecule has 3 heterocycles. The number of hydrogen-bond donors (Lipinski definition) is 0. The lowest BCUT2D eigenvalue weighted by Gasteiger charge is -2.27. The van der Waals surface area contributed by atoms with Crippen LogP contribution in [-0.4, -0.2) is 39.8 Å². The molecule has 0 bridgehead atoms. The number of carbonyl (C=O) groups excluding carboxylic acids is 3. The van der Waals surface area contributed by atoms with Crippen LogP contribution >= 0.6 is 11.3 Å². The van der Waals surface area contributed by atoms with E-state index in [0.29, 0.717) is 33.2 Å². The van der Waals surface area contributed by atoms with E-state index in [1.807, 2.05) is 5.38 Å². The Labute approximate surface area is 185 Å². The molecule has 0 saturated heterocycles. The first-order valence-electron chi connectivity index (χ1n) is 10.0. The Bertz CT molecular complexity index is 1080. The van der Waals surface area contributed by atoms with Gasteiger partial charge in [-0.2, -0.15) is 0 Å². The highest BCUT2D eigenvalue weighted by Crippen LogP contribution is 2.26. The molecule has 0 aliphatic carbocycles. The Morgan fingerprint density at radius 3 is 2.55 bits per heavy atom. The second-order valence-electron chi connectivity index (χ2n) is 7.24. The summed E-state index contributed by atoms with van der Waals surface area (Å²) in [6.07, 6.45) is 1.53. The number of ketones is 1. The van der Waals surface area contributed by atoms with Gasteiger partial charge >= 0.3 is 5.97 Å². The van der Waals surface area contributed by atoms with E-state index < -0.39 is 12.0 Å². The van der Waals surface area contributed by atoms with Gasteiger partial charge < -0.3 is 18.6 Å². The molecule has 8 heteroatoms. The van der Waals surface area contributed by atoms with Gasteiger partial charge in [-0.1, -0.05) is 6.07 Å². The van der Waals surface area contributed by atoms with Gasteiger partial charge in [-0.25, -0.2) is 4.79 Å². The molecule has 0 aromatic carbocycles. The molecule has 1 amide bonds. The third-order valence-corrected chi connectivity index (χ3v) is 6.25. The van der Waals surface area contributed by atoms with Crippen molar-refractivity contribution in [1.29, 1.82) is 0 Å². The van der Waals surface area contributed by atoms with Crippen molar-refractivity contribution >= 4 is 29.0 Å². The lowest BCUT2D eigenvalue weighted by molar-refractivity contribution is 0.0513. The van der Waals surface area contributed by atoms with Crippen molar-refractivity contribution < 1.29 is 23.5 Å². The lowest BCUT2D eigenvalue weighted by Crippen LogP contribution is -2.42. The van der Waals surface area contributed by atoms with Crippen LogP contribution in [0.2, 0.25) is 0 Å². The number of ether oxygens (including phenoxy) is 1. The van der Waals surface area contributed by atoms with Gasteiger partial charge in [0.15, 0.2) is 5.78 Å². The van der Waals surface area contributed by atoms with Gasteiger partial charge in [0.25, 0.3) is 5.91 Å². The smallest absolute Gasteiger partial charge is 0.355 e. The van der Waals surface area contributed by atoms with E-state index in [9.17, 15) is 14.4 Å². The van der Waals surface area contributed by atoms with E-state index in [1.165, 1.54) is 22.5 Å². The monoisotopic (exact) mass is 442 g/mol. The molecule has 31 heavy (non-hydrogen) atoms. The van der Waals surface area contributed by atoms with E-state index in [2.05, 4.69) is 0 Å². The molecule has 0 saturated carbocycles. The molecule has 0 radical (unpaired) electrons. The Kier molecular flexibility index (Phi) is 6.80. The highest BCUT2D eigenvalue weighted by molar-refractivity contribution is 7.12. The number of Topliss-reactive ketones (excluding diaryl/α,β-unsaturated/α-hetero) is 1. The van der Waals surface area contributed by atoms with Crippen LogP contribution < -0.4 is 0 Å². The van der Waals surface area contributed by atoms with Crippen molar-refractivity contribution in [3.8, 4) is 0 Å². The zero-order chi connectivity index (χ0) is 22.7. The number of esters is 1.